The van der Waals surface area contributed by atoms with Crippen molar-refractivity contribution in [3.63, 3.8) is 0 Å². The van der Waals surface area contributed by atoms with E-state index in [4.69, 9.17) is 5.73 Å². The van der Waals surface area contributed by atoms with E-state index < -0.39 is 0 Å². The summed E-state index contributed by atoms with van der Waals surface area (Å²) in [4.78, 5) is 0. The molecule has 3 rings (SSSR count). The van der Waals surface area contributed by atoms with Gasteiger partial charge in [-0.05, 0) is 37.0 Å². The standard InChI is InChI=1S/C13H15N3O/c14-8-12-11-5-2-6-13(11)16(15-12)9-3-1-4-10(17)7-9/h1,3-4,7,17H,2,5-6,8,14H2. The van der Waals surface area contributed by atoms with Gasteiger partial charge < -0.3 is 10.8 Å². The molecule has 1 aliphatic carbocycles. The van der Waals surface area contributed by atoms with Crippen molar-refractivity contribution in [3.8, 4) is 11.4 Å². The van der Waals surface area contributed by atoms with Crippen molar-refractivity contribution < 1.29 is 5.11 Å². The monoisotopic (exact) mass is 229 g/mol. The van der Waals surface area contributed by atoms with Crippen molar-refractivity contribution in [3.05, 3.63) is 41.2 Å². The molecule has 17 heavy (non-hydrogen) atoms. The summed E-state index contributed by atoms with van der Waals surface area (Å²) in [6.45, 7) is 0.480. The van der Waals surface area contributed by atoms with Crippen LogP contribution in [-0.4, -0.2) is 14.9 Å². The molecular weight excluding hydrogens is 214 g/mol. The average molecular weight is 229 g/mol. The quantitative estimate of drug-likeness (QED) is 0.820. The molecule has 0 bridgehead atoms. The van der Waals surface area contributed by atoms with E-state index in [1.165, 1.54) is 17.7 Å². The van der Waals surface area contributed by atoms with Crippen molar-refractivity contribution in [1.82, 2.24) is 9.78 Å². The summed E-state index contributed by atoms with van der Waals surface area (Å²) in [6, 6.07) is 7.17. The Morgan fingerprint density at radius 1 is 1.35 bits per heavy atom. The molecule has 88 valence electrons. The number of aromatic hydroxyl groups is 1. The molecule has 1 aromatic heterocycles. The lowest BCUT2D eigenvalue weighted by Gasteiger charge is -2.05. The molecule has 2 aromatic rings. The van der Waals surface area contributed by atoms with E-state index in [9.17, 15) is 5.11 Å². The van der Waals surface area contributed by atoms with Crippen LogP contribution in [0.4, 0.5) is 0 Å². The molecule has 4 nitrogen and oxygen atoms in total. The zero-order valence-corrected chi connectivity index (χ0v) is 9.56. The SMILES string of the molecule is NCc1nn(-c2cccc(O)c2)c2c1CCC2. The fraction of sp³-hybridized carbons (Fsp3) is 0.308. The Hall–Kier alpha value is -1.81. The maximum Gasteiger partial charge on any atom is 0.117 e. The van der Waals surface area contributed by atoms with Crippen molar-refractivity contribution in [2.75, 3.05) is 0 Å². The Balaban J connectivity index is 2.15. The molecule has 0 aliphatic heterocycles. The number of fused-ring (bicyclic) bond motifs is 1. The first-order valence-electron chi connectivity index (χ1n) is 5.88. The lowest BCUT2D eigenvalue weighted by Crippen LogP contribution is -2.03. The summed E-state index contributed by atoms with van der Waals surface area (Å²) in [5, 5.41) is 14.1. The lowest BCUT2D eigenvalue weighted by molar-refractivity contribution is 0.474. The Bertz CT molecular complexity index is 560. The van der Waals surface area contributed by atoms with Crippen LogP contribution in [0.25, 0.3) is 5.69 Å². The van der Waals surface area contributed by atoms with Gasteiger partial charge in [0.05, 0.1) is 11.4 Å². The summed E-state index contributed by atoms with van der Waals surface area (Å²) >= 11 is 0. The molecule has 0 spiro atoms. The van der Waals surface area contributed by atoms with Gasteiger partial charge in [0.2, 0.25) is 0 Å². The molecule has 0 amide bonds. The summed E-state index contributed by atoms with van der Waals surface area (Å²) in [6.07, 6.45) is 3.28. The van der Waals surface area contributed by atoms with Crippen LogP contribution in [0.3, 0.4) is 0 Å². The van der Waals surface area contributed by atoms with Gasteiger partial charge in [-0.3, -0.25) is 0 Å². The van der Waals surface area contributed by atoms with E-state index in [0.29, 0.717) is 6.54 Å². The van der Waals surface area contributed by atoms with Crippen molar-refractivity contribution in [2.24, 2.45) is 5.73 Å². The van der Waals surface area contributed by atoms with Gasteiger partial charge in [-0.25, -0.2) is 4.68 Å². The maximum atomic E-state index is 9.52. The Kier molecular flexibility index (Phi) is 2.37. The normalized spacial score (nSPS) is 13.9. The fourth-order valence-electron chi connectivity index (χ4n) is 2.52. The van der Waals surface area contributed by atoms with Crippen LogP contribution in [0.1, 0.15) is 23.4 Å². The first-order valence-corrected chi connectivity index (χ1v) is 5.88. The third-order valence-electron chi connectivity index (χ3n) is 3.28. The number of phenols is 1. The molecule has 1 aliphatic rings. The summed E-state index contributed by atoms with van der Waals surface area (Å²) < 4.78 is 1.92. The summed E-state index contributed by atoms with van der Waals surface area (Å²) in [5.74, 6) is 0.263. The number of nitrogens with two attached hydrogens (primary N) is 1. The predicted octanol–water partition coefficient (Wildman–Crippen LogP) is 1.53. The number of aromatic nitrogens is 2. The highest BCUT2D eigenvalue weighted by atomic mass is 16.3. The second kappa shape index (κ2) is 3.89. The molecule has 0 saturated carbocycles. The molecular formula is C13H15N3O. The van der Waals surface area contributed by atoms with Gasteiger partial charge in [0.25, 0.3) is 0 Å². The molecule has 0 saturated heterocycles. The lowest BCUT2D eigenvalue weighted by atomic mass is 10.2. The number of phenolic OH excluding ortho intramolecular Hbond substituents is 1. The van der Waals surface area contributed by atoms with Crippen LogP contribution >= 0.6 is 0 Å². The highest BCUT2D eigenvalue weighted by molar-refractivity contribution is 5.43. The topological polar surface area (TPSA) is 64.1 Å². The minimum Gasteiger partial charge on any atom is -0.508 e. The maximum absolute atomic E-state index is 9.52. The van der Waals surface area contributed by atoms with Gasteiger partial charge in [-0.1, -0.05) is 6.07 Å². The van der Waals surface area contributed by atoms with Crippen LogP contribution in [0.15, 0.2) is 24.3 Å². The second-order valence-corrected chi connectivity index (χ2v) is 4.36. The second-order valence-electron chi connectivity index (χ2n) is 4.36. The molecule has 0 fully saturated rings. The van der Waals surface area contributed by atoms with E-state index in [0.717, 1.165) is 24.2 Å². The van der Waals surface area contributed by atoms with Crippen LogP contribution in [0, 0.1) is 0 Å². The highest BCUT2D eigenvalue weighted by Gasteiger charge is 2.22. The van der Waals surface area contributed by atoms with Crippen molar-refractivity contribution >= 4 is 0 Å². The number of hydrogen-bond acceptors (Lipinski definition) is 3. The number of hydrogen-bond donors (Lipinski definition) is 2. The molecule has 1 aromatic carbocycles. The Morgan fingerprint density at radius 2 is 2.24 bits per heavy atom. The van der Waals surface area contributed by atoms with Gasteiger partial charge in [0, 0.05) is 18.3 Å². The minimum atomic E-state index is 0.263. The van der Waals surface area contributed by atoms with Gasteiger partial charge in [-0.15, -0.1) is 0 Å². The molecule has 0 unspecified atom stereocenters. The molecule has 4 heteroatoms. The van der Waals surface area contributed by atoms with Gasteiger partial charge in [0.15, 0.2) is 0 Å². The van der Waals surface area contributed by atoms with Crippen LogP contribution < -0.4 is 5.73 Å². The van der Waals surface area contributed by atoms with Gasteiger partial charge in [0.1, 0.15) is 5.75 Å². The van der Waals surface area contributed by atoms with Gasteiger partial charge in [-0.2, -0.15) is 5.10 Å². The van der Waals surface area contributed by atoms with E-state index in [1.54, 1.807) is 12.1 Å². The average Bonchev–Trinajstić information content (AvgIpc) is 2.89. The number of nitrogens with zero attached hydrogens (tertiary/aromatic N) is 2. The smallest absolute Gasteiger partial charge is 0.117 e. The largest absolute Gasteiger partial charge is 0.508 e. The molecule has 3 N–H and O–H groups in total. The molecule has 0 radical (unpaired) electrons. The van der Waals surface area contributed by atoms with Gasteiger partial charge >= 0.3 is 0 Å². The highest BCUT2D eigenvalue weighted by Crippen LogP contribution is 2.28. The number of benzene rings is 1. The Labute approximate surface area is 99.7 Å². The first kappa shape index (κ1) is 10.4. The Morgan fingerprint density at radius 3 is 3.00 bits per heavy atom. The van der Waals surface area contributed by atoms with Crippen molar-refractivity contribution in [1.29, 1.82) is 0 Å². The predicted molar refractivity (Wildman–Crippen MR) is 65.1 cm³/mol. The summed E-state index contributed by atoms with van der Waals surface area (Å²) in [5.41, 5.74) is 10.2. The molecule has 0 atom stereocenters. The third-order valence-corrected chi connectivity index (χ3v) is 3.28. The number of rotatable bonds is 2. The van der Waals surface area contributed by atoms with Crippen molar-refractivity contribution in [2.45, 2.75) is 25.8 Å². The zero-order chi connectivity index (χ0) is 11.8. The van der Waals surface area contributed by atoms with Crippen LogP contribution in [-0.2, 0) is 19.4 Å². The zero-order valence-electron chi connectivity index (χ0n) is 9.56. The minimum absolute atomic E-state index is 0.263. The van der Waals surface area contributed by atoms with E-state index in [-0.39, 0.29) is 5.75 Å². The van der Waals surface area contributed by atoms with E-state index in [2.05, 4.69) is 5.10 Å². The van der Waals surface area contributed by atoms with E-state index in [1.807, 2.05) is 16.8 Å². The third kappa shape index (κ3) is 1.61. The van der Waals surface area contributed by atoms with Crippen LogP contribution in [0.5, 0.6) is 5.75 Å². The molecule has 1 heterocycles. The first-order chi connectivity index (χ1) is 8.29. The van der Waals surface area contributed by atoms with E-state index >= 15 is 0 Å². The summed E-state index contributed by atoms with van der Waals surface area (Å²) in [7, 11) is 0. The fourth-order valence-corrected chi connectivity index (χ4v) is 2.52. The van der Waals surface area contributed by atoms with Crippen LogP contribution in [0.2, 0.25) is 0 Å².